The number of aryl methyl sites for hydroxylation is 2. The van der Waals surface area contributed by atoms with Gasteiger partial charge in [0.05, 0.1) is 18.5 Å². The van der Waals surface area contributed by atoms with E-state index in [2.05, 4.69) is 20.2 Å². The van der Waals surface area contributed by atoms with Gasteiger partial charge in [-0.05, 0) is 19.1 Å². The predicted molar refractivity (Wildman–Crippen MR) is 93.4 cm³/mol. The van der Waals surface area contributed by atoms with E-state index in [1.165, 1.54) is 0 Å². The van der Waals surface area contributed by atoms with Crippen molar-refractivity contribution in [3.05, 3.63) is 41.8 Å². The van der Waals surface area contributed by atoms with Crippen LogP contribution in [0.4, 0.5) is 0 Å². The third-order valence-electron chi connectivity index (χ3n) is 4.54. The second kappa shape index (κ2) is 7.75. The van der Waals surface area contributed by atoms with Crippen LogP contribution in [0.5, 0.6) is 0 Å². The van der Waals surface area contributed by atoms with E-state index in [-0.39, 0.29) is 5.91 Å². The minimum absolute atomic E-state index is 0.0999. The summed E-state index contributed by atoms with van der Waals surface area (Å²) in [6.45, 7) is 5.66. The van der Waals surface area contributed by atoms with Gasteiger partial charge in [-0.3, -0.25) is 9.69 Å². The Kier molecular flexibility index (Phi) is 5.01. The number of nitrogens with zero attached hydrogens (tertiary/aromatic N) is 5. The molecular weight excluding hydrogens is 350 g/mol. The Bertz CT molecular complexity index is 877. The van der Waals surface area contributed by atoms with Gasteiger partial charge >= 0.3 is 0 Å². The highest BCUT2D eigenvalue weighted by atomic mass is 16.5. The first-order valence-corrected chi connectivity index (χ1v) is 8.96. The third-order valence-corrected chi connectivity index (χ3v) is 4.54. The molecule has 1 aliphatic heterocycles. The maximum absolute atomic E-state index is 12.4. The van der Waals surface area contributed by atoms with E-state index in [0.717, 1.165) is 31.1 Å². The van der Waals surface area contributed by atoms with Crippen molar-refractivity contribution in [2.24, 2.45) is 0 Å². The zero-order chi connectivity index (χ0) is 18.6. The van der Waals surface area contributed by atoms with Crippen molar-refractivity contribution in [3.63, 3.8) is 0 Å². The first-order valence-electron chi connectivity index (χ1n) is 8.96. The number of carbonyl (C=O) groups is 1. The third kappa shape index (κ3) is 4.25. The van der Waals surface area contributed by atoms with Gasteiger partial charge in [-0.15, -0.1) is 0 Å². The molecule has 1 amide bonds. The summed E-state index contributed by atoms with van der Waals surface area (Å²) in [5.41, 5.74) is 0.884. The van der Waals surface area contributed by atoms with Gasteiger partial charge in [-0.2, -0.15) is 4.98 Å². The zero-order valence-corrected chi connectivity index (χ0v) is 15.1. The number of furan rings is 1. The van der Waals surface area contributed by atoms with Crippen LogP contribution in [-0.2, 0) is 17.8 Å². The van der Waals surface area contributed by atoms with Crippen LogP contribution in [0.15, 0.2) is 37.9 Å². The molecule has 27 heavy (non-hydrogen) atoms. The molecule has 0 radical (unpaired) electrons. The summed E-state index contributed by atoms with van der Waals surface area (Å²) in [5.74, 6) is 2.35. The number of aromatic nitrogens is 3. The Balaban J connectivity index is 1.23. The number of rotatable bonds is 6. The van der Waals surface area contributed by atoms with Crippen LogP contribution in [0.1, 0.15) is 23.8 Å². The Hall–Kier alpha value is -2.94. The van der Waals surface area contributed by atoms with Crippen molar-refractivity contribution in [2.45, 2.75) is 26.3 Å². The van der Waals surface area contributed by atoms with Crippen molar-refractivity contribution in [1.29, 1.82) is 0 Å². The summed E-state index contributed by atoms with van der Waals surface area (Å²) < 4.78 is 15.7. The average Bonchev–Trinajstić information content (AvgIpc) is 3.42. The molecule has 4 heterocycles. The summed E-state index contributed by atoms with van der Waals surface area (Å²) in [7, 11) is 0. The van der Waals surface area contributed by atoms with Crippen LogP contribution in [0, 0.1) is 6.92 Å². The Morgan fingerprint density at radius 3 is 2.74 bits per heavy atom. The lowest BCUT2D eigenvalue weighted by atomic mass is 10.2. The monoisotopic (exact) mass is 371 g/mol. The number of hydrogen-bond acceptors (Lipinski definition) is 8. The molecule has 0 unspecified atom stereocenters. The lowest BCUT2D eigenvalue weighted by Crippen LogP contribution is -2.48. The molecule has 4 rings (SSSR count). The van der Waals surface area contributed by atoms with Crippen LogP contribution in [0.3, 0.4) is 0 Å². The number of hydrogen-bond donors (Lipinski definition) is 0. The maximum atomic E-state index is 12.4. The maximum Gasteiger partial charge on any atom is 0.238 e. The quantitative estimate of drug-likeness (QED) is 0.647. The Morgan fingerprint density at radius 2 is 2.04 bits per heavy atom. The molecule has 1 fully saturated rings. The molecule has 1 saturated heterocycles. The van der Waals surface area contributed by atoms with E-state index < -0.39 is 0 Å². The largest absolute Gasteiger partial charge is 0.461 e. The second-order valence-electron chi connectivity index (χ2n) is 6.58. The van der Waals surface area contributed by atoms with Gasteiger partial charge in [-0.1, -0.05) is 10.3 Å². The molecule has 0 aromatic carbocycles. The molecule has 0 aliphatic carbocycles. The smallest absolute Gasteiger partial charge is 0.238 e. The Labute approximate surface area is 155 Å². The highest BCUT2D eigenvalue weighted by molar-refractivity contribution is 5.76. The molecular formula is C18H21N5O4. The summed E-state index contributed by atoms with van der Waals surface area (Å²) in [5, 5.41) is 7.78. The molecule has 3 aromatic heterocycles. The summed E-state index contributed by atoms with van der Waals surface area (Å²) in [6, 6.07) is 5.47. The molecule has 0 bridgehead atoms. The van der Waals surface area contributed by atoms with Gasteiger partial charge in [-0.25, -0.2) is 0 Å². The van der Waals surface area contributed by atoms with E-state index in [0.29, 0.717) is 43.4 Å². The standard InChI is InChI=1S/C18H21N5O4/c1-13-11-14(26-20-13)12-22-6-8-23(9-7-22)17(24)5-4-16-19-18(21-27-16)15-3-2-10-25-15/h2-3,10-11H,4-9,12H2,1H3. The van der Waals surface area contributed by atoms with Crippen molar-refractivity contribution >= 4 is 5.91 Å². The van der Waals surface area contributed by atoms with Gasteiger partial charge in [0, 0.05) is 45.1 Å². The molecule has 0 N–H and O–H groups in total. The van der Waals surface area contributed by atoms with Gasteiger partial charge in [0.2, 0.25) is 17.6 Å². The van der Waals surface area contributed by atoms with Crippen molar-refractivity contribution < 1.29 is 18.3 Å². The van der Waals surface area contributed by atoms with Crippen LogP contribution in [0.25, 0.3) is 11.6 Å². The van der Waals surface area contributed by atoms with Crippen molar-refractivity contribution in [1.82, 2.24) is 25.1 Å². The first kappa shape index (κ1) is 17.5. The highest BCUT2D eigenvalue weighted by Gasteiger charge is 2.22. The fraction of sp³-hybridized carbons (Fsp3) is 0.444. The zero-order valence-electron chi connectivity index (χ0n) is 15.1. The van der Waals surface area contributed by atoms with Crippen LogP contribution in [-0.4, -0.2) is 57.2 Å². The second-order valence-corrected chi connectivity index (χ2v) is 6.58. The Morgan fingerprint density at radius 1 is 1.19 bits per heavy atom. The minimum atomic E-state index is 0.0999. The van der Waals surface area contributed by atoms with E-state index >= 15 is 0 Å². The normalized spacial score (nSPS) is 15.4. The SMILES string of the molecule is Cc1cc(CN2CCN(C(=O)CCc3nc(-c4ccco4)no3)CC2)on1. The number of piperazine rings is 1. The van der Waals surface area contributed by atoms with Crippen LogP contribution < -0.4 is 0 Å². The fourth-order valence-corrected chi connectivity index (χ4v) is 3.10. The average molecular weight is 371 g/mol. The van der Waals surface area contributed by atoms with Crippen molar-refractivity contribution in [2.75, 3.05) is 26.2 Å². The predicted octanol–water partition coefficient (Wildman–Crippen LogP) is 1.90. The van der Waals surface area contributed by atoms with Crippen molar-refractivity contribution in [3.8, 4) is 11.6 Å². The molecule has 0 saturated carbocycles. The van der Waals surface area contributed by atoms with E-state index in [9.17, 15) is 4.79 Å². The molecule has 9 heteroatoms. The van der Waals surface area contributed by atoms with Gasteiger partial charge in [0.25, 0.3) is 0 Å². The topological polar surface area (TPSA) is 102 Å². The van der Waals surface area contributed by atoms with Crippen LogP contribution >= 0.6 is 0 Å². The molecule has 1 aliphatic rings. The summed E-state index contributed by atoms with van der Waals surface area (Å²) in [4.78, 5) is 20.9. The summed E-state index contributed by atoms with van der Waals surface area (Å²) >= 11 is 0. The molecule has 0 spiro atoms. The number of amides is 1. The highest BCUT2D eigenvalue weighted by Crippen LogP contribution is 2.17. The van der Waals surface area contributed by atoms with E-state index in [1.807, 2.05) is 17.9 Å². The molecule has 142 valence electrons. The van der Waals surface area contributed by atoms with Crippen LogP contribution in [0.2, 0.25) is 0 Å². The van der Waals surface area contributed by atoms with Gasteiger partial charge in [0.1, 0.15) is 0 Å². The molecule has 3 aromatic rings. The summed E-state index contributed by atoms with van der Waals surface area (Å²) in [6.07, 6.45) is 2.32. The lowest BCUT2D eigenvalue weighted by Gasteiger charge is -2.34. The lowest BCUT2D eigenvalue weighted by molar-refractivity contribution is -0.133. The number of carbonyl (C=O) groups excluding carboxylic acids is 1. The van der Waals surface area contributed by atoms with E-state index in [1.54, 1.807) is 18.4 Å². The van der Waals surface area contributed by atoms with E-state index in [4.69, 9.17) is 13.5 Å². The fourth-order valence-electron chi connectivity index (χ4n) is 3.10. The molecule has 0 atom stereocenters. The minimum Gasteiger partial charge on any atom is -0.461 e. The first-order chi connectivity index (χ1) is 13.2. The molecule has 9 nitrogen and oxygen atoms in total. The van der Waals surface area contributed by atoms with Gasteiger partial charge < -0.3 is 18.4 Å². The van der Waals surface area contributed by atoms with Gasteiger partial charge in [0.15, 0.2) is 11.5 Å².